The molecule has 3 aromatic rings. The Morgan fingerprint density at radius 2 is 1.71 bits per heavy atom. The molecule has 0 aliphatic rings. The number of aryl methyl sites for hydroxylation is 3. The van der Waals surface area contributed by atoms with Gasteiger partial charge in [0, 0.05) is 16.0 Å². The van der Waals surface area contributed by atoms with Gasteiger partial charge in [0.2, 0.25) is 0 Å². The highest BCUT2D eigenvalue weighted by molar-refractivity contribution is 7.15. The molecule has 0 unspecified atom stereocenters. The van der Waals surface area contributed by atoms with Gasteiger partial charge in [-0.1, -0.05) is 48.0 Å². The van der Waals surface area contributed by atoms with E-state index in [0.717, 1.165) is 37.8 Å². The van der Waals surface area contributed by atoms with Crippen LogP contribution in [0.2, 0.25) is 0 Å². The number of hydrogen-bond acceptors (Lipinski definition) is 3. The molecule has 3 nitrogen and oxygen atoms in total. The van der Waals surface area contributed by atoms with Gasteiger partial charge in [-0.3, -0.25) is 4.79 Å². The number of aliphatic carboxylic acids is 1. The number of benzene rings is 2. The zero-order chi connectivity index (χ0) is 17.3. The zero-order valence-corrected chi connectivity index (χ0v) is 14.8. The predicted molar refractivity (Wildman–Crippen MR) is 98.5 cm³/mol. The number of nitrogens with zero attached hydrogens (tertiary/aromatic N) is 1. The van der Waals surface area contributed by atoms with E-state index < -0.39 is 5.97 Å². The summed E-state index contributed by atoms with van der Waals surface area (Å²) in [5.41, 5.74) is 6.33. The molecule has 4 heteroatoms. The van der Waals surface area contributed by atoms with E-state index in [9.17, 15) is 9.90 Å². The van der Waals surface area contributed by atoms with Crippen molar-refractivity contribution in [2.45, 2.75) is 27.2 Å². The summed E-state index contributed by atoms with van der Waals surface area (Å²) >= 11 is 1.47. The van der Waals surface area contributed by atoms with Gasteiger partial charge in [0.1, 0.15) is 5.01 Å². The Kier molecular flexibility index (Phi) is 4.49. The molecule has 0 saturated carbocycles. The van der Waals surface area contributed by atoms with Crippen LogP contribution in [0.5, 0.6) is 0 Å². The van der Waals surface area contributed by atoms with Gasteiger partial charge in [-0.2, -0.15) is 0 Å². The number of carboxylic acids is 1. The SMILES string of the molecule is Cc1cc(C)c(-c2nc(-c3ccccc3)sc2CC(=O)O)c(C)c1. The van der Waals surface area contributed by atoms with Crippen LogP contribution in [0.15, 0.2) is 42.5 Å². The Labute approximate surface area is 145 Å². The molecule has 3 rings (SSSR count). The first-order valence-electron chi connectivity index (χ1n) is 7.81. The molecule has 0 saturated heterocycles. The molecule has 24 heavy (non-hydrogen) atoms. The van der Waals surface area contributed by atoms with Crippen LogP contribution in [0.1, 0.15) is 21.6 Å². The van der Waals surface area contributed by atoms with Crippen molar-refractivity contribution in [1.82, 2.24) is 4.98 Å². The number of carbonyl (C=O) groups is 1. The van der Waals surface area contributed by atoms with Gasteiger partial charge >= 0.3 is 5.97 Å². The Bertz CT molecular complexity index is 874. The van der Waals surface area contributed by atoms with Crippen molar-refractivity contribution in [3.05, 3.63) is 64.0 Å². The topological polar surface area (TPSA) is 50.2 Å². The molecule has 0 radical (unpaired) electrons. The lowest BCUT2D eigenvalue weighted by molar-refractivity contribution is -0.136. The molecule has 0 fully saturated rings. The normalized spacial score (nSPS) is 10.8. The van der Waals surface area contributed by atoms with Crippen molar-refractivity contribution in [1.29, 1.82) is 0 Å². The van der Waals surface area contributed by atoms with Gasteiger partial charge in [-0.25, -0.2) is 4.98 Å². The predicted octanol–water partition coefficient (Wildman–Crippen LogP) is 5.03. The Morgan fingerprint density at radius 1 is 1.08 bits per heavy atom. The molecule has 1 heterocycles. The van der Waals surface area contributed by atoms with Crippen LogP contribution in [0, 0.1) is 20.8 Å². The highest BCUT2D eigenvalue weighted by Gasteiger charge is 2.19. The summed E-state index contributed by atoms with van der Waals surface area (Å²) < 4.78 is 0. The van der Waals surface area contributed by atoms with E-state index in [-0.39, 0.29) is 6.42 Å². The average molecular weight is 337 g/mol. The van der Waals surface area contributed by atoms with Gasteiger partial charge in [0.25, 0.3) is 0 Å². The van der Waals surface area contributed by atoms with E-state index in [1.54, 1.807) is 0 Å². The van der Waals surface area contributed by atoms with Crippen LogP contribution in [-0.2, 0) is 11.2 Å². The molecule has 1 aromatic heterocycles. The van der Waals surface area contributed by atoms with Crippen LogP contribution in [0.4, 0.5) is 0 Å². The Hall–Kier alpha value is -2.46. The van der Waals surface area contributed by atoms with Crippen molar-refractivity contribution in [2.75, 3.05) is 0 Å². The van der Waals surface area contributed by atoms with E-state index >= 15 is 0 Å². The third kappa shape index (κ3) is 3.24. The number of carboxylic acid groups (broad SMARTS) is 1. The number of aromatic nitrogens is 1. The van der Waals surface area contributed by atoms with E-state index in [0.29, 0.717) is 0 Å². The lowest BCUT2D eigenvalue weighted by Crippen LogP contribution is -2.01. The smallest absolute Gasteiger partial charge is 0.308 e. The summed E-state index contributed by atoms with van der Waals surface area (Å²) in [6, 6.07) is 14.1. The minimum Gasteiger partial charge on any atom is -0.481 e. The lowest BCUT2D eigenvalue weighted by atomic mass is 9.96. The highest BCUT2D eigenvalue weighted by atomic mass is 32.1. The standard InChI is InChI=1S/C20H19NO2S/c1-12-9-13(2)18(14(3)10-12)19-16(11-17(22)23)24-20(21-19)15-7-5-4-6-8-15/h4-10H,11H2,1-3H3,(H,22,23). The molecule has 0 atom stereocenters. The van der Waals surface area contributed by atoms with Crippen LogP contribution >= 0.6 is 11.3 Å². The maximum absolute atomic E-state index is 11.3. The summed E-state index contributed by atoms with van der Waals surface area (Å²) in [6.45, 7) is 6.18. The minimum absolute atomic E-state index is 0.00735. The Balaban J connectivity index is 2.20. The van der Waals surface area contributed by atoms with Crippen LogP contribution in [0.3, 0.4) is 0 Å². The molecule has 0 spiro atoms. The zero-order valence-electron chi connectivity index (χ0n) is 14.0. The molecule has 1 N–H and O–H groups in total. The van der Waals surface area contributed by atoms with E-state index in [1.807, 2.05) is 30.3 Å². The van der Waals surface area contributed by atoms with Crippen molar-refractivity contribution < 1.29 is 9.90 Å². The van der Waals surface area contributed by atoms with Crippen molar-refractivity contribution in [2.24, 2.45) is 0 Å². The maximum Gasteiger partial charge on any atom is 0.308 e. The summed E-state index contributed by atoms with van der Waals surface area (Å²) in [5, 5.41) is 10.1. The fourth-order valence-corrected chi connectivity index (χ4v) is 4.13. The molecular formula is C20H19NO2S. The van der Waals surface area contributed by atoms with Crippen molar-refractivity contribution >= 4 is 17.3 Å². The third-order valence-corrected chi connectivity index (χ3v) is 5.05. The second kappa shape index (κ2) is 6.57. The number of rotatable bonds is 4. The molecule has 0 aliphatic heterocycles. The van der Waals surface area contributed by atoms with Crippen LogP contribution in [-0.4, -0.2) is 16.1 Å². The number of thiazole rings is 1. The first-order valence-corrected chi connectivity index (χ1v) is 8.62. The molecule has 122 valence electrons. The number of hydrogen-bond donors (Lipinski definition) is 1. The summed E-state index contributed by atoms with van der Waals surface area (Å²) in [4.78, 5) is 16.9. The monoisotopic (exact) mass is 337 g/mol. The van der Waals surface area contributed by atoms with E-state index in [4.69, 9.17) is 4.98 Å². The van der Waals surface area contributed by atoms with Gasteiger partial charge in [0.15, 0.2) is 0 Å². The molecule has 0 amide bonds. The van der Waals surface area contributed by atoms with Gasteiger partial charge < -0.3 is 5.11 Å². The second-order valence-corrected chi connectivity index (χ2v) is 7.08. The molecule has 0 aliphatic carbocycles. The molecule has 2 aromatic carbocycles. The van der Waals surface area contributed by atoms with Crippen LogP contribution < -0.4 is 0 Å². The van der Waals surface area contributed by atoms with Crippen molar-refractivity contribution in [3.63, 3.8) is 0 Å². The lowest BCUT2D eigenvalue weighted by Gasteiger charge is -2.10. The second-order valence-electron chi connectivity index (χ2n) is 6.00. The van der Waals surface area contributed by atoms with Crippen molar-refractivity contribution in [3.8, 4) is 21.8 Å². The molecular weight excluding hydrogens is 318 g/mol. The first-order chi connectivity index (χ1) is 11.5. The third-order valence-electron chi connectivity index (χ3n) is 3.94. The van der Waals surface area contributed by atoms with Gasteiger partial charge in [-0.05, 0) is 31.9 Å². The van der Waals surface area contributed by atoms with E-state index in [2.05, 4.69) is 32.9 Å². The Morgan fingerprint density at radius 3 is 2.29 bits per heavy atom. The first kappa shape index (κ1) is 16.4. The fourth-order valence-electron chi connectivity index (χ4n) is 3.06. The average Bonchev–Trinajstić information content (AvgIpc) is 2.90. The van der Waals surface area contributed by atoms with Gasteiger partial charge in [0.05, 0.1) is 12.1 Å². The fraction of sp³-hybridized carbons (Fsp3) is 0.200. The molecule has 0 bridgehead atoms. The largest absolute Gasteiger partial charge is 0.481 e. The van der Waals surface area contributed by atoms with Crippen LogP contribution in [0.25, 0.3) is 21.8 Å². The van der Waals surface area contributed by atoms with Gasteiger partial charge in [-0.15, -0.1) is 11.3 Å². The quantitative estimate of drug-likeness (QED) is 0.726. The summed E-state index contributed by atoms with van der Waals surface area (Å²) in [6.07, 6.45) is -0.00735. The minimum atomic E-state index is -0.832. The summed E-state index contributed by atoms with van der Waals surface area (Å²) in [5.74, 6) is -0.832. The summed E-state index contributed by atoms with van der Waals surface area (Å²) in [7, 11) is 0. The van der Waals surface area contributed by atoms with E-state index in [1.165, 1.54) is 16.9 Å². The maximum atomic E-state index is 11.3. The highest BCUT2D eigenvalue weighted by Crippen LogP contribution is 2.37.